The molecule has 3 unspecified atom stereocenters. The number of amides is 3. The first kappa shape index (κ1) is 20.9. The van der Waals surface area contributed by atoms with E-state index in [1.165, 1.54) is 0 Å². The van der Waals surface area contributed by atoms with Crippen molar-refractivity contribution in [3.05, 3.63) is 35.9 Å². The minimum Gasteiger partial charge on any atom is -0.350 e. The molecule has 0 aromatic heterocycles. The van der Waals surface area contributed by atoms with E-state index < -0.39 is 18.1 Å². The summed E-state index contributed by atoms with van der Waals surface area (Å²) < 4.78 is 0. The number of nitrogens with zero attached hydrogens (tertiary/aromatic N) is 1. The number of hydrogen-bond acceptors (Lipinski definition) is 4. The molecule has 0 radical (unpaired) electrons. The van der Waals surface area contributed by atoms with E-state index in [0.29, 0.717) is 19.5 Å². The van der Waals surface area contributed by atoms with E-state index in [-0.39, 0.29) is 23.6 Å². The van der Waals surface area contributed by atoms with Crippen molar-refractivity contribution in [2.24, 2.45) is 11.7 Å². The van der Waals surface area contributed by atoms with Gasteiger partial charge in [0.25, 0.3) is 0 Å². The van der Waals surface area contributed by atoms with Crippen LogP contribution in [0.4, 0.5) is 0 Å². The first-order valence-corrected chi connectivity index (χ1v) is 9.49. The van der Waals surface area contributed by atoms with E-state index >= 15 is 0 Å². The Morgan fingerprint density at radius 2 is 1.85 bits per heavy atom. The lowest BCUT2D eigenvalue weighted by atomic mass is 10.0. The van der Waals surface area contributed by atoms with Crippen LogP contribution in [-0.2, 0) is 20.9 Å². The maximum Gasteiger partial charge on any atom is 0.246 e. The first-order chi connectivity index (χ1) is 12.8. The van der Waals surface area contributed by atoms with E-state index in [2.05, 4.69) is 10.6 Å². The predicted octanol–water partition coefficient (Wildman–Crippen LogP) is 0.782. The number of benzene rings is 1. The maximum atomic E-state index is 13.0. The third-order valence-corrected chi connectivity index (χ3v) is 4.79. The Labute approximate surface area is 160 Å². The molecular weight excluding hydrogens is 344 g/mol. The number of carbonyl (C=O) groups excluding carboxylic acids is 3. The molecule has 1 aliphatic rings. The van der Waals surface area contributed by atoms with Crippen molar-refractivity contribution in [3.63, 3.8) is 0 Å². The molecule has 0 aliphatic carbocycles. The molecule has 7 heteroatoms. The topological polar surface area (TPSA) is 105 Å². The summed E-state index contributed by atoms with van der Waals surface area (Å²) in [5, 5.41) is 5.64. The Balaban J connectivity index is 2.02. The van der Waals surface area contributed by atoms with Gasteiger partial charge in [0.05, 0.1) is 6.04 Å². The van der Waals surface area contributed by atoms with Crippen LogP contribution in [0.25, 0.3) is 0 Å². The third kappa shape index (κ3) is 5.53. The Morgan fingerprint density at radius 3 is 2.44 bits per heavy atom. The zero-order valence-corrected chi connectivity index (χ0v) is 16.3. The summed E-state index contributed by atoms with van der Waals surface area (Å²) in [6.45, 7) is 6.24. The largest absolute Gasteiger partial charge is 0.350 e. The SMILES string of the molecule is CC(N)C(=O)NC(C(=O)N1CCCC1C(=O)NCc1ccccc1)C(C)C. The molecule has 2 rings (SSSR count). The smallest absolute Gasteiger partial charge is 0.246 e. The van der Waals surface area contributed by atoms with Crippen LogP contribution < -0.4 is 16.4 Å². The van der Waals surface area contributed by atoms with Crippen molar-refractivity contribution in [3.8, 4) is 0 Å². The average Bonchev–Trinajstić information content (AvgIpc) is 3.13. The minimum atomic E-state index is -0.692. The molecular formula is C20H30N4O3. The van der Waals surface area contributed by atoms with Crippen molar-refractivity contribution in [2.75, 3.05) is 6.54 Å². The van der Waals surface area contributed by atoms with Crippen LogP contribution in [0, 0.1) is 5.92 Å². The van der Waals surface area contributed by atoms with Crippen LogP contribution in [0.15, 0.2) is 30.3 Å². The van der Waals surface area contributed by atoms with Gasteiger partial charge >= 0.3 is 0 Å². The maximum absolute atomic E-state index is 13.0. The van der Waals surface area contributed by atoms with Gasteiger partial charge in [-0.05, 0) is 31.2 Å². The highest BCUT2D eigenvalue weighted by Crippen LogP contribution is 2.20. The highest BCUT2D eigenvalue weighted by molar-refractivity contribution is 5.93. The lowest BCUT2D eigenvalue weighted by molar-refractivity contribution is -0.142. The summed E-state index contributed by atoms with van der Waals surface area (Å²) in [4.78, 5) is 39.2. The van der Waals surface area contributed by atoms with Crippen LogP contribution in [-0.4, -0.2) is 47.3 Å². The quantitative estimate of drug-likeness (QED) is 0.656. The second-order valence-corrected chi connectivity index (χ2v) is 7.41. The molecule has 7 nitrogen and oxygen atoms in total. The van der Waals surface area contributed by atoms with E-state index in [4.69, 9.17) is 5.73 Å². The van der Waals surface area contributed by atoms with Gasteiger partial charge in [-0.2, -0.15) is 0 Å². The van der Waals surface area contributed by atoms with E-state index in [0.717, 1.165) is 12.0 Å². The summed E-state index contributed by atoms with van der Waals surface area (Å²) in [6.07, 6.45) is 1.39. The Hall–Kier alpha value is -2.41. The zero-order valence-electron chi connectivity index (χ0n) is 16.3. The summed E-state index contributed by atoms with van der Waals surface area (Å²) in [7, 11) is 0. The molecule has 1 aromatic rings. The van der Waals surface area contributed by atoms with Crippen LogP contribution >= 0.6 is 0 Å². The van der Waals surface area contributed by atoms with E-state index in [9.17, 15) is 14.4 Å². The molecule has 27 heavy (non-hydrogen) atoms. The van der Waals surface area contributed by atoms with Gasteiger partial charge in [-0.3, -0.25) is 14.4 Å². The molecule has 1 aromatic carbocycles. The summed E-state index contributed by atoms with van der Waals surface area (Å²) >= 11 is 0. The van der Waals surface area contributed by atoms with Gasteiger partial charge in [-0.1, -0.05) is 44.2 Å². The van der Waals surface area contributed by atoms with Gasteiger partial charge < -0.3 is 21.3 Å². The fourth-order valence-electron chi connectivity index (χ4n) is 3.18. The van der Waals surface area contributed by atoms with Gasteiger partial charge in [-0.15, -0.1) is 0 Å². The standard InChI is InChI=1S/C20H30N4O3/c1-13(2)17(23-18(25)14(3)21)20(27)24-11-7-10-16(24)19(26)22-12-15-8-5-4-6-9-15/h4-6,8-9,13-14,16-17H,7,10-12,21H2,1-3H3,(H,22,26)(H,23,25). The Kier molecular flexibility index (Phi) is 7.36. The molecule has 0 saturated carbocycles. The third-order valence-electron chi connectivity index (χ3n) is 4.79. The number of rotatable bonds is 7. The van der Waals surface area contributed by atoms with Gasteiger partial charge in [0.1, 0.15) is 12.1 Å². The molecule has 148 valence electrons. The van der Waals surface area contributed by atoms with Gasteiger partial charge in [-0.25, -0.2) is 0 Å². The Bertz CT molecular complexity index is 660. The lowest BCUT2D eigenvalue weighted by Crippen LogP contribution is -2.56. The molecule has 3 atom stereocenters. The van der Waals surface area contributed by atoms with Crippen LogP contribution in [0.2, 0.25) is 0 Å². The molecule has 1 saturated heterocycles. The van der Waals surface area contributed by atoms with Gasteiger partial charge in [0.15, 0.2) is 0 Å². The molecule has 0 spiro atoms. The number of nitrogens with one attached hydrogen (secondary N) is 2. The molecule has 4 N–H and O–H groups in total. The number of likely N-dealkylation sites (tertiary alicyclic amines) is 1. The van der Waals surface area contributed by atoms with Crippen molar-refractivity contribution in [1.82, 2.24) is 15.5 Å². The molecule has 1 heterocycles. The average molecular weight is 374 g/mol. The van der Waals surface area contributed by atoms with Gasteiger partial charge in [0, 0.05) is 13.1 Å². The molecule has 1 aliphatic heterocycles. The summed E-state index contributed by atoms with van der Waals surface area (Å²) in [5.41, 5.74) is 6.61. The normalized spacial score (nSPS) is 18.9. The Morgan fingerprint density at radius 1 is 1.19 bits per heavy atom. The second kappa shape index (κ2) is 9.50. The molecule has 1 fully saturated rings. The fraction of sp³-hybridized carbons (Fsp3) is 0.550. The molecule has 0 bridgehead atoms. The van der Waals surface area contributed by atoms with Crippen molar-refractivity contribution >= 4 is 17.7 Å². The number of hydrogen-bond donors (Lipinski definition) is 3. The fourth-order valence-corrected chi connectivity index (χ4v) is 3.18. The number of nitrogens with two attached hydrogens (primary N) is 1. The van der Waals surface area contributed by atoms with Crippen LogP contribution in [0.3, 0.4) is 0 Å². The highest BCUT2D eigenvalue weighted by atomic mass is 16.2. The van der Waals surface area contributed by atoms with Crippen LogP contribution in [0.1, 0.15) is 39.2 Å². The van der Waals surface area contributed by atoms with E-state index in [1.54, 1.807) is 11.8 Å². The van der Waals surface area contributed by atoms with Crippen molar-refractivity contribution in [1.29, 1.82) is 0 Å². The zero-order chi connectivity index (χ0) is 20.0. The summed E-state index contributed by atoms with van der Waals surface area (Å²) in [6, 6.07) is 7.75. The van der Waals surface area contributed by atoms with Crippen molar-refractivity contribution in [2.45, 2.75) is 58.3 Å². The second-order valence-electron chi connectivity index (χ2n) is 7.41. The monoisotopic (exact) mass is 374 g/mol. The van der Waals surface area contributed by atoms with Gasteiger partial charge in [0.2, 0.25) is 17.7 Å². The predicted molar refractivity (Wildman–Crippen MR) is 103 cm³/mol. The minimum absolute atomic E-state index is 0.103. The lowest BCUT2D eigenvalue weighted by Gasteiger charge is -2.30. The van der Waals surface area contributed by atoms with Crippen LogP contribution in [0.5, 0.6) is 0 Å². The van der Waals surface area contributed by atoms with E-state index in [1.807, 2.05) is 44.2 Å². The first-order valence-electron chi connectivity index (χ1n) is 9.49. The summed E-state index contributed by atoms with van der Waals surface area (Å²) in [5.74, 6) is -0.859. The highest BCUT2D eigenvalue weighted by Gasteiger charge is 2.38. The number of carbonyl (C=O) groups is 3. The molecule has 3 amide bonds. The van der Waals surface area contributed by atoms with Crippen molar-refractivity contribution < 1.29 is 14.4 Å².